The first-order chi connectivity index (χ1) is 6.27. The molecule has 0 saturated carbocycles. The van der Waals surface area contributed by atoms with Crippen molar-refractivity contribution in [2.45, 2.75) is 0 Å². The fourth-order valence-corrected chi connectivity index (χ4v) is 1.25. The molecule has 2 nitrogen and oxygen atoms in total. The highest BCUT2D eigenvalue weighted by molar-refractivity contribution is 9.10. The summed E-state index contributed by atoms with van der Waals surface area (Å²) in [6, 6.07) is 5.62. The molecule has 70 valence electrons. The molecule has 0 unspecified atom stereocenters. The van der Waals surface area contributed by atoms with Gasteiger partial charge in [0.25, 0.3) is 0 Å². The van der Waals surface area contributed by atoms with Crippen LogP contribution in [-0.4, -0.2) is 13.7 Å². The van der Waals surface area contributed by atoms with Crippen LogP contribution < -0.4 is 9.47 Å². The summed E-state index contributed by atoms with van der Waals surface area (Å²) in [6.45, 7) is 4.06. The normalized spacial score (nSPS) is 9.38. The molecule has 0 N–H and O–H groups in total. The van der Waals surface area contributed by atoms with Gasteiger partial charge in [0.05, 0.1) is 7.11 Å². The van der Waals surface area contributed by atoms with Gasteiger partial charge in [0.1, 0.15) is 6.61 Å². The number of hydrogen-bond acceptors (Lipinski definition) is 2. The van der Waals surface area contributed by atoms with Gasteiger partial charge in [-0.25, -0.2) is 0 Å². The minimum absolute atomic E-state index is 0.479. The first-order valence-electron chi connectivity index (χ1n) is 3.85. The van der Waals surface area contributed by atoms with Crippen molar-refractivity contribution in [1.29, 1.82) is 0 Å². The first kappa shape index (κ1) is 10.1. The second-order valence-corrected chi connectivity index (χ2v) is 3.31. The van der Waals surface area contributed by atoms with Crippen LogP contribution in [0.15, 0.2) is 35.3 Å². The van der Waals surface area contributed by atoms with E-state index in [0.717, 1.165) is 16.0 Å². The summed E-state index contributed by atoms with van der Waals surface area (Å²) < 4.78 is 11.5. The lowest BCUT2D eigenvalue weighted by Gasteiger charge is -2.08. The van der Waals surface area contributed by atoms with E-state index in [0.29, 0.717) is 6.61 Å². The minimum atomic E-state index is 0.479. The highest BCUT2D eigenvalue weighted by atomic mass is 79.9. The summed E-state index contributed by atoms with van der Waals surface area (Å²) in [6.07, 6.45) is 1.69. The van der Waals surface area contributed by atoms with Crippen LogP contribution >= 0.6 is 15.9 Å². The van der Waals surface area contributed by atoms with E-state index in [2.05, 4.69) is 22.5 Å². The average molecular weight is 243 g/mol. The number of halogens is 1. The summed E-state index contributed by atoms with van der Waals surface area (Å²) in [5.41, 5.74) is 0. The van der Waals surface area contributed by atoms with E-state index in [9.17, 15) is 0 Å². The molecule has 0 aliphatic heterocycles. The topological polar surface area (TPSA) is 18.5 Å². The van der Waals surface area contributed by atoms with Gasteiger partial charge in [-0.3, -0.25) is 0 Å². The Balaban J connectivity index is 2.87. The van der Waals surface area contributed by atoms with Crippen molar-refractivity contribution in [1.82, 2.24) is 0 Å². The number of benzene rings is 1. The molecule has 0 fully saturated rings. The van der Waals surface area contributed by atoms with Gasteiger partial charge in [0.15, 0.2) is 11.5 Å². The van der Waals surface area contributed by atoms with Crippen molar-refractivity contribution in [3.05, 3.63) is 35.3 Å². The van der Waals surface area contributed by atoms with Gasteiger partial charge in [0.2, 0.25) is 0 Å². The lowest BCUT2D eigenvalue weighted by molar-refractivity contribution is 0.326. The molecule has 1 rings (SSSR count). The van der Waals surface area contributed by atoms with Gasteiger partial charge in [0, 0.05) is 4.47 Å². The van der Waals surface area contributed by atoms with Crippen LogP contribution in [0.2, 0.25) is 0 Å². The zero-order valence-electron chi connectivity index (χ0n) is 7.42. The van der Waals surface area contributed by atoms with E-state index in [1.165, 1.54) is 0 Å². The molecule has 0 heterocycles. The quantitative estimate of drug-likeness (QED) is 0.756. The van der Waals surface area contributed by atoms with Crippen LogP contribution in [0.1, 0.15) is 0 Å². The van der Waals surface area contributed by atoms with Crippen LogP contribution in [0.4, 0.5) is 0 Å². The smallest absolute Gasteiger partial charge is 0.162 e. The Labute approximate surface area is 86.3 Å². The Bertz CT molecular complexity index is 297. The van der Waals surface area contributed by atoms with Crippen LogP contribution in [-0.2, 0) is 0 Å². The van der Waals surface area contributed by atoms with Crippen LogP contribution in [0.5, 0.6) is 11.5 Å². The van der Waals surface area contributed by atoms with Crippen molar-refractivity contribution in [3.8, 4) is 11.5 Å². The predicted molar refractivity (Wildman–Crippen MR) is 56.4 cm³/mol. The van der Waals surface area contributed by atoms with E-state index in [1.807, 2.05) is 18.2 Å². The maximum atomic E-state index is 5.38. The lowest BCUT2D eigenvalue weighted by atomic mass is 10.3. The molecule has 0 bridgehead atoms. The van der Waals surface area contributed by atoms with E-state index >= 15 is 0 Å². The third kappa shape index (κ3) is 2.77. The second kappa shape index (κ2) is 4.92. The lowest BCUT2D eigenvalue weighted by Crippen LogP contribution is -1.95. The Hall–Kier alpha value is -0.960. The van der Waals surface area contributed by atoms with E-state index < -0.39 is 0 Å². The van der Waals surface area contributed by atoms with Gasteiger partial charge in [-0.05, 0) is 18.2 Å². The van der Waals surface area contributed by atoms with Gasteiger partial charge in [-0.2, -0.15) is 0 Å². The summed E-state index contributed by atoms with van der Waals surface area (Å²) in [7, 11) is 1.62. The molecule has 1 aromatic rings. The fourth-order valence-electron chi connectivity index (χ4n) is 0.912. The van der Waals surface area contributed by atoms with Gasteiger partial charge in [-0.15, -0.1) is 0 Å². The highest BCUT2D eigenvalue weighted by Gasteiger charge is 2.03. The summed E-state index contributed by atoms with van der Waals surface area (Å²) in [4.78, 5) is 0. The molecule has 0 amide bonds. The van der Waals surface area contributed by atoms with Crippen molar-refractivity contribution >= 4 is 15.9 Å². The molecule has 0 aliphatic carbocycles. The molecule has 0 radical (unpaired) electrons. The van der Waals surface area contributed by atoms with Crippen molar-refractivity contribution < 1.29 is 9.47 Å². The highest BCUT2D eigenvalue weighted by Crippen LogP contribution is 2.29. The Morgan fingerprint density at radius 3 is 2.85 bits per heavy atom. The van der Waals surface area contributed by atoms with Crippen molar-refractivity contribution in [3.63, 3.8) is 0 Å². The van der Waals surface area contributed by atoms with Crippen LogP contribution in [0, 0.1) is 0 Å². The third-order valence-electron chi connectivity index (χ3n) is 1.48. The summed E-state index contributed by atoms with van der Waals surface area (Å²) in [5.74, 6) is 1.45. The van der Waals surface area contributed by atoms with E-state index in [4.69, 9.17) is 9.47 Å². The van der Waals surface area contributed by atoms with Crippen molar-refractivity contribution in [2.24, 2.45) is 0 Å². The number of ether oxygens (including phenoxy) is 2. The molecule has 0 atom stereocenters. The zero-order valence-corrected chi connectivity index (χ0v) is 9.00. The maximum absolute atomic E-state index is 5.38. The predicted octanol–water partition coefficient (Wildman–Crippen LogP) is 3.02. The summed E-state index contributed by atoms with van der Waals surface area (Å²) >= 11 is 3.36. The molecular weight excluding hydrogens is 232 g/mol. The molecule has 13 heavy (non-hydrogen) atoms. The molecule has 0 aliphatic rings. The van der Waals surface area contributed by atoms with Gasteiger partial charge >= 0.3 is 0 Å². The first-order valence-corrected chi connectivity index (χ1v) is 4.64. The monoisotopic (exact) mass is 242 g/mol. The molecule has 0 aromatic heterocycles. The van der Waals surface area contributed by atoms with Gasteiger partial charge < -0.3 is 9.47 Å². The summed E-state index contributed by atoms with van der Waals surface area (Å²) in [5, 5.41) is 0. The van der Waals surface area contributed by atoms with E-state index in [1.54, 1.807) is 13.2 Å². The number of methoxy groups -OCH3 is 1. The van der Waals surface area contributed by atoms with Crippen LogP contribution in [0.25, 0.3) is 0 Å². The van der Waals surface area contributed by atoms with Crippen molar-refractivity contribution in [2.75, 3.05) is 13.7 Å². The SMILES string of the molecule is C=CCOc1cc(Br)ccc1OC. The minimum Gasteiger partial charge on any atom is -0.493 e. The Morgan fingerprint density at radius 2 is 2.23 bits per heavy atom. The van der Waals surface area contributed by atoms with Gasteiger partial charge in [-0.1, -0.05) is 28.6 Å². The maximum Gasteiger partial charge on any atom is 0.162 e. The van der Waals surface area contributed by atoms with Crippen LogP contribution in [0.3, 0.4) is 0 Å². The zero-order chi connectivity index (χ0) is 9.68. The third-order valence-corrected chi connectivity index (χ3v) is 1.98. The standard InChI is InChI=1S/C10H11BrO2/c1-3-6-13-10-7-8(11)4-5-9(10)12-2/h3-5,7H,1,6H2,2H3. The molecule has 0 spiro atoms. The Morgan fingerprint density at radius 1 is 1.46 bits per heavy atom. The fraction of sp³-hybridized carbons (Fsp3) is 0.200. The molecular formula is C10H11BrO2. The molecule has 1 aromatic carbocycles. The second-order valence-electron chi connectivity index (χ2n) is 2.39. The largest absolute Gasteiger partial charge is 0.493 e. The molecule has 0 saturated heterocycles. The molecule has 3 heteroatoms. The van der Waals surface area contributed by atoms with E-state index in [-0.39, 0.29) is 0 Å². The Kier molecular flexibility index (Phi) is 3.83. The average Bonchev–Trinajstić information content (AvgIpc) is 2.15. The number of hydrogen-bond donors (Lipinski definition) is 0. The number of rotatable bonds is 4.